The van der Waals surface area contributed by atoms with Gasteiger partial charge >= 0.3 is 0 Å². The summed E-state index contributed by atoms with van der Waals surface area (Å²) in [6.45, 7) is 2.11. The number of aromatic amines is 1. The minimum absolute atomic E-state index is 0.299. The number of nitrogens with one attached hydrogen (secondary N) is 2. The number of rotatable bonds is 4. The molecular formula is C13H13BrN4O. The number of nitrogens with zero attached hydrogens (tertiary/aromatic N) is 2. The molecule has 6 heteroatoms. The Morgan fingerprint density at radius 2 is 2.16 bits per heavy atom. The van der Waals surface area contributed by atoms with Gasteiger partial charge in [0.05, 0.1) is 18.1 Å². The fourth-order valence-electron chi connectivity index (χ4n) is 1.48. The average Bonchev–Trinajstić information content (AvgIpc) is 2.44. The lowest BCUT2D eigenvalue weighted by Crippen LogP contribution is -2.10. The van der Waals surface area contributed by atoms with E-state index in [0.717, 1.165) is 12.0 Å². The van der Waals surface area contributed by atoms with E-state index >= 15 is 0 Å². The molecule has 5 nitrogen and oxygen atoms in total. The second-order valence-corrected chi connectivity index (χ2v) is 4.68. The van der Waals surface area contributed by atoms with E-state index in [4.69, 9.17) is 0 Å². The monoisotopic (exact) mass is 320 g/mol. The molecule has 0 unspecified atom stereocenters. The van der Waals surface area contributed by atoms with E-state index in [1.807, 2.05) is 12.1 Å². The Morgan fingerprint density at radius 3 is 2.84 bits per heavy atom. The predicted molar refractivity (Wildman–Crippen MR) is 79.6 cm³/mol. The quantitative estimate of drug-likeness (QED) is 0.671. The Balaban J connectivity index is 2.07. The summed E-state index contributed by atoms with van der Waals surface area (Å²) in [5.41, 5.74) is 5.26. The van der Waals surface area contributed by atoms with E-state index in [1.165, 1.54) is 11.8 Å². The van der Waals surface area contributed by atoms with Crippen LogP contribution >= 0.6 is 15.9 Å². The van der Waals surface area contributed by atoms with Crippen LogP contribution in [0, 0.1) is 0 Å². The minimum atomic E-state index is -0.299. The average molecular weight is 321 g/mol. The largest absolute Gasteiger partial charge is 0.280 e. The van der Waals surface area contributed by atoms with Crippen LogP contribution in [0.4, 0.5) is 5.69 Å². The molecule has 0 atom stereocenters. The third-order valence-corrected chi connectivity index (χ3v) is 3.37. The van der Waals surface area contributed by atoms with E-state index < -0.39 is 0 Å². The molecule has 0 spiro atoms. The molecule has 0 saturated carbocycles. The van der Waals surface area contributed by atoms with Gasteiger partial charge in [0.15, 0.2) is 0 Å². The van der Waals surface area contributed by atoms with Gasteiger partial charge in [0.2, 0.25) is 0 Å². The second-order valence-electron chi connectivity index (χ2n) is 3.89. The van der Waals surface area contributed by atoms with Gasteiger partial charge in [0.25, 0.3) is 5.56 Å². The molecule has 0 amide bonds. The Labute approximate surface area is 118 Å². The molecule has 1 aromatic heterocycles. The zero-order valence-electron chi connectivity index (χ0n) is 10.4. The van der Waals surface area contributed by atoms with E-state index in [0.29, 0.717) is 10.2 Å². The van der Waals surface area contributed by atoms with Crippen molar-refractivity contribution < 1.29 is 0 Å². The molecule has 19 heavy (non-hydrogen) atoms. The van der Waals surface area contributed by atoms with Crippen molar-refractivity contribution in [3.05, 3.63) is 56.4 Å². The van der Waals surface area contributed by atoms with Gasteiger partial charge in [-0.15, -0.1) is 0 Å². The zero-order valence-corrected chi connectivity index (χ0v) is 11.9. The number of halogens is 1. The van der Waals surface area contributed by atoms with Gasteiger partial charge in [0.1, 0.15) is 4.47 Å². The van der Waals surface area contributed by atoms with Gasteiger partial charge in [-0.05, 0) is 33.5 Å². The molecule has 0 aliphatic rings. The first-order chi connectivity index (χ1) is 9.20. The Kier molecular flexibility index (Phi) is 4.46. The maximum Gasteiger partial charge on any atom is 0.280 e. The van der Waals surface area contributed by atoms with Crippen LogP contribution in [-0.2, 0) is 6.42 Å². The molecule has 0 fully saturated rings. The molecular weight excluding hydrogens is 308 g/mol. The standard InChI is InChI=1S/C13H13BrN4O/c1-2-9-3-5-10(6-4-9)7-15-17-11-8-16-18-13(19)12(11)14/h3-8H,2H2,1H3,(H2,17,18,19). The van der Waals surface area contributed by atoms with Crippen LogP contribution in [-0.4, -0.2) is 16.4 Å². The van der Waals surface area contributed by atoms with Crippen LogP contribution in [0.2, 0.25) is 0 Å². The smallest absolute Gasteiger partial charge is 0.275 e. The first-order valence-corrected chi connectivity index (χ1v) is 6.61. The van der Waals surface area contributed by atoms with E-state index in [9.17, 15) is 4.79 Å². The fourth-order valence-corrected chi connectivity index (χ4v) is 1.76. The van der Waals surface area contributed by atoms with Crippen molar-refractivity contribution >= 4 is 27.8 Å². The number of hydrogen-bond acceptors (Lipinski definition) is 4. The topological polar surface area (TPSA) is 70.1 Å². The highest BCUT2D eigenvalue weighted by atomic mass is 79.9. The molecule has 0 saturated heterocycles. The first kappa shape index (κ1) is 13.5. The van der Waals surface area contributed by atoms with Crippen LogP contribution in [0.1, 0.15) is 18.1 Å². The lowest BCUT2D eigenvalue weighted by molar-refractivity contribution is 0.977. The van der Waals surface area contributed by atoms with Gasteiger partial charge < -0.3 is 0 Å². The van der Waals surface area contributed by atoms with Crippen molar-refractivity contribution in [1.29, 1.82) is 0 Å². The second kappa shape index (κ2) is 6.29. The molecule has 2 N–H and O–H groups in total. The third-order valence-electron chi connectivity index (χ3n) is 2.58. The molecule has 2 rings (SSSR count). The van der Waals surface area contributed by atoms with Gasteiger partial charge in [-0.1, -0.05) is 31.2 Å². The molecule has 0 bridgehead atoms. The summed E-state index contributed by atoms with van der Waals surface area (Å²) in [6, 6.07) is 8.11. The first-order valence-electron chi connectivity index (χ1n) is 5.82. The number of H-pyrrole nitrogens is 1. The van der Waals surface area contributed by atoms with Crippen molar-refractivity contribution in [1.82, 2.24) is 10.2 Å². The lowest BCUT2D eigenvalue weighted by Gasteiger charge is -2.01. The third kappa shape index (κ3) is 3.51. The summed E-state index contributed by atoms with van der Waals surface area (Å²) in [4.78, 5) is 11.3. The molecule has 1 aromatic carbocycles. The number of aromatic nitrogens is 2. The lowest BCUT2D eigenvalue weighted by atomic mass is 10.1. The van der Waals surface area contributed by atoms with Gasteiger partial charge in [0, 0.05) is 0 Å². The number of hydrazone groups is 1. The zero-order chi connectivity index (χ0) is 13.7. The molecule has 0 aliphatic carbocycles. The van der Waals surface area contributed by atoms with E-state index in [-0.39, 0.29) is 5.56 Å². The SMILES string of the molecule is CCc1ccc(C=NNc2cn[nH]c(=O)c2Br)cc1. The summed E-state index contributed by atoms with van der Waals surface area (Å²) < 4.78 is 0.376. The molecule has 98 valence electrons. The molecule has 1 heterocycles. The molecule has 0 aliphatic heterocycles. The van der Waals surface area contributed by atoms with Crippen LogP contribution < -0.4 is 11.0 Å². The maximum absolute atomic E-state index is 11.3. The van der Waals surface area contributed by atoms with Crippen molar-refractivity contribution in [2.45, 2.75) is 13.3 Å². The van der Waals surface area contributed by atoms with Gasteiger partial charge in [-0.3, -0.25) is 10.2 Å². The van der Waals surface area contributed by atoms with Gasteiger partial charge in [-0.2, -0.15) is 10.2 Å². The molecule has 2 aromatic rings. The Morgan fingerprint density at radius 1 is 1.42 bits per heavy atom. The fraction of sp³-hybridized carbons (Fsp3) is 0.154. The van der Waals surface area contributed by atoms with Crippen molar-refractivity contribution in [3.8, 4) is 0 Å². The Hall–Kier alpha value is -1.95. The van der Waals surface area contributed by atoms with E-state index in [2.05, 4.69) is 55.7 Å². The summed E-state index contributed by atoms with van der Waals surface area (Å²) >= 11 is 3.17. The van der Waals surface area contributed by atoms with Crippen molar-refractivity contribution in [2.24, 2.45) is 5.10 Å². The normalized spacial score (nSPS) is 10.8. The van der Waals surface area contributed by atoms with Crippen molar-refractivity contribution in [2.75, 3.05) is 5.43 Å². The highest BCUT2D eigenvalue weighted by molar-refractivity contribution is 9.10. The van der Waals surface area contributed by atoms with Crippen molar-refractivity contribution in [3.63, 3.8) is 0 Å². The minimum Gasteiger partial charge on any atom is -0.275 e. The van der Waals surface area contributed by atoms with E-state index in [1.54, 1.807) is 6.21 Å². The Bertz CT molecular complexity index is 634. The molecule has 0 radical (unpaired) electrons. The summed E-state index contributed by atoms with van der Waals surface area (Å²) in [5, 5.41) is 10.1. The van der Waals surface area contributed by atoms with Crippen LogP contribution in [0.3, 0.4) is 0 Å². The van der Waals surface area contributed by atoms with Gasteiger partial charge in [-0.25, -0.2) is 5.10 Å². The van der Waals surface area contributed by atoms with Crippen LogP contribution in [0.25, 0.3) is 0 Å². The number of benzene rings is 1. The highest BCUT2D eigenvalue weighted by Crippen LogP contribution is 2.14. The number of anilines is 1. The van der Waals surface area contributed by atoms with Crippen LogP contribution in [0.15, 0.2) is 44.8 Å². The number of hydrogen-bond donors (Lipinski definition) is 2. The summed E-state index contributed by atoms with van der Waals surface area (Å²) in [5.74, 6) is 0. The highest BCUT2D eigenvalue weighted by Gasteiger charge is 2.02. The summed E-state index contributed by atoms with van der Waals surface area (Å²) in [7, 11) is 0. The predicted octanol–water partition coefficient (Wildman–Crippen LogP) is 2.54. The number of aryl methyl sites for hydroxylation is 1. The summed E-state index contributed by atoms with van der Waals surface area (Å²) in [6.07, 6.45) is 4.19. The maximum atomic E-state index is 11.3. The van der Waals surface area contributed by atoms with Crippen LogP contribution in [0.5, 0.6) is 0 Å².